The molecule has 2 rings (SSSR count). The summed E-state index contributed by atoms with van der Waals surface area (Å²) in [7, 11) is 3.17. The van der Waals surface area contributed by atoms with Crippen LogP contribution in [0.3, 0.4) is 0 Å². The number of benzene rings is 1. The summed E-state index contributed by atoms with van der Waals surface area (Å²) in [5.74, 6) is -0.166. The van der Waals surface area contributed by atoms with Gasteiger partial charge in [-0.2, -0.15) is 5.10 Å². The fourth-order valence-corrected chi connectivity index (χ4v) is 1.81. The van der Waals surface area contributed by atoms with Crippen LogP contribution in [-0.4, -0.2) is 33.8 Å². The Kier molecular flexibility index (Phi) is 4.07. The average Bonchev–Trinajstić information content (AvgIpc) is 2.93. The standard InChI is InChI=1S/C13H15N5O3/c1-18-7-6-9(16-18)13(19)15-11-8(12(14)17-20)4-3-5-10(11)21-2/h3-7,20H,1-2H3,(H2,14,17)(H,15,19). The predicted octanol–water partition coefficient (Wildman–Crippen LogP) is 0.775. The first-order valence-electron chi connectivity index (χ1n) is 6.02. The normalized spacial score (nSPS) is 11.2. The zero-order valence-electron chi connectivity index (χ0n) is 11.6. The van der Waals surface area contributed by atoms with Gasteiger partial charge in [0.05, 0.1) is 12.8 Å². The van der Waals surface area contributed by atoms with Crippen molar-refractivity contribution in [3.63, 3.8) is 0 Å². The second-order valence-corrected chi connectivity index (χ2v) is 4.20. The molecule has 2 aromatic rings. The van der Waals surface area contributed by atoms with E-state index >= 15 is 0 Å². The van der Waals surface area contributed by atoms with Gasteiger partial charge < -0.3 is 21.0 Å². The molecule has 1 heterocycles. The molecule has 0 aliphatic heterocycles. The number of rotatable bonds is 4. The summed E-state index contributed by atoms with van der Waals surface area (Å²) in [4.78, 5) is 12.2. The van der Waals surface area contributed by atoms with E-state index in [2.05, 4.69) is 15.6 Å². The Morgan fingerprint density at radius 3 is 2.81 bits per heavy atom. The molecule has 1 amide bonds. The van der Waals surface area contributed by atoms with Crippen molar-refractivity contribution in [1.29, 1.82) is 0 Å². The number of amidine groups is 1. The lowest BCUT2D eigenvalue weighted by Gasteiger charge is -2.13. The Morgan fingerprint density at radius 2 is 2.24 bits per heavy atom. The molecule has 21 heavy (non-hydrogen) atoms. The van der Waals surface area contributed by atoms with E-state index in [0.717, 1.165) is 0 Å². The number of nitrogens with one attached hydrogen (secondary N) is 1. The Labute approximate surface area is 120 Å². The van der Waals surface area contributed by atoms with E-state index in [-0.39, 0.29) is 11.5 Å². The van der Waals surface area contributed by atoms with Crippen molar-refractivity contribution in [2.45, 2.75) is 0 Å². The number of amides is 1. The third-order valence-corrected chi connectivity index (χ3v) is 2.81. The quantitative estimate of drug-likeness (QED) is 0.333. The number of carbonyl (C=O) groups is 1. The molecule has 0 unspecified atom stereocenters. The van der Waals surface area contributed by atoms with E-state index < -0.39 is 5.91 Å². The van der Waals surface area contributed by atoms with Crippen molar-refractivity contribution < 1.29 is 14.7 Å². The van der Waals surface area contributed by atoms with E-state index in [1.165, 1.54) is 11.8 Å². The summed E-state index contributed by atoms with van der Waals surface area (Å²) < 4.78 is 6.71. The largest absolute Gasteiger partial charge is 0.495 e. The third-order valence-electron chi connectivity index (χ3n) is 2.81. The highest BCUT2D eigenvalue weighted by Gasteiger charge is 2.17. The van der Waals surface area contributed by atoms with Crippen LogP contribution in [0, 0.1) is 0 Å². The number of anilines is 1. The summed E-state index contributed by atoms with van der Waals surface area (Å²) in [6, 6.07) is 6.50. The fraction of sp³-hybridized carbons (Fsp3) is 0.154. The van der Waals surface area contributed by atoms with E-state index in [0.29, 0.717) is 17.0 Å². The van der Waals surface area contributed by atoms with E-state index in [1.54, 1.807) is 37.5 Å². The number of aryl methyl sites for hydroxylation is 1. The highest BCUT2D eigenvalue weighted by molar-refractivity contribution is 6.10. The van der Waals surface area contributed by atoms with Gasteiger partial charge in [-0.05, 0) is 18.2 Å². The minimum atomic E-state index is -0.424. The molecule has 8 heteroatoms. The Morgan fingerprint density at radius 1 is 1.48 bits per heavy atom. The predicted molar refractivity (Wildman–Crippen MR) is 76.7 cm³/mol. The number of ether oxygens (including phenoxy) is 1. The van der Waals surface area contributed by atoms with E-state index in [9.17, 15) is 4.79 Å². The molecular formula is C13H15N5O3. The zero-order valence-corrected chi connectivity index (χ0v) is 11.6. The molecule has 0 saturated carbocycles. The number of hydrogen-bond acceptors (Lipinski definition) is 5. The summed E-state index contributed by atoms with van der Waals surface area (Å²) >= 11 is 0. The minimum Gasteiger partial charge on any atom is -0.495 e. The SMILES string of the molecule is COc1cccc(/C(N)=N/O)c1NC(=O)c1ccn(C)n1. The van der Waals surface area contributed by atoms with Gasteiger partial charge >= 0.3 is 0 Å². The maximum absolute atomic E-state index is 12.2. The molecule has 0 spiro atoms. The smallest absolute Gasteiger partial charge is 0.276 e. The lowest BCUT2D eigenvalue weighted by molar-refractivity contribution is 0.102. The van der Waals surface area contributed by atoms with Gasteiger partial charge in [-0.3, -0.25) is 9.48 Å². The molecule has 0 radical (unpaired) electrons. The summed E-state index contributed by atoms with van der Waals surface area (Å²) in [5, 5.41) is 18.4. The van der Waals surface area contributed by atoms with Crippen LogP contribution in [0.15, 0.2) is 35.6 Å². The number of oxime groups is 1. The van der Waals surface area contributed by atoms with Crippen LogP contribution < -0.4 is 15.8 Å². The topological polar surface area (TPSA) is 115 Å². The second kappa shape index (κ2) is 5.95. The van der Waals surface area contributed by atoms with Gasteiger partial charge in [-0.1, -0.05) is 11.2 Å². The molecule has 110 valence electrons. The number of methoxy groups -OCH3 is 1. The van der Waals surface area contributed by atoms with Crippen LogP contribution in [0.1, 0.15) is 16.1 Å². The maximum atomic E-state index is 12.2. The first-order valence-corrected chi connectivity index (χ1v) is 6.02. The summed E-state index contributed by atoms with van der Waals surface area (Å²) in [6.07, 6.45) is 1.65. The van der Waals surface area contributed by atoms with Crippen LogP contribution in [0.2, 0.25) is 0 Å². The number of carbonyl (C=O) groups excluding carboxylic acids is 1. The van der Waals surface area contributed by atoms with Crippen LogP contribution >= 0.6 is 0 Å². The molecule has 0 fully saturated rings. The van der Waals surface area contributed by atoms with Gasteiger partial charge in [0.1, 0.15) is 5.75 Å². The fourth-order valence-electron chi connectivity index (χ4n) is 1.81. The average molecular weight is 289 g/mol. The van der Waals surface area contributed by atoms with Gasteiger partial charge in [0.15, 0.2) is 11.5 Å². The maximum Gasteiger partial charge on any atom is 0.276 e. The van der Waals surface area contributed by atoms with Crippen LogP contribution in [0.4, 0.5) is 5.69 Å². The molecule has 0 atom stereocenters. The molecule has 0 bridgehead atoms. The lowest BCUT2D eigenvalue weighted by Crippen LogP contribution is -2.20. The summed E-state index contributed by atoms with van der Waals surface area (Å²) in [6.45, 7) is 0. The number of aromatic nitrogens is 2. The van der Waals surface area contributed by atoms with Gasteiger partial charge in [0.25, 0.3) is 5.91 Å². The van der Waals surface area contributed by atoms with E-state index in [4.69, 9.17) is 15.7 Å². The monoisotopic (exact) mass is 289 g/mol. The van der Waals surface area contributed by atoms with Gasteiger partial charge in [-0.15, -0.1) is 0 Å². The van der Waals surface area contributed by atoms with Crippen molar-refractivity contribution >= 4 is 17.4 Å². The van der Waals surface area contributed by atoms with Gasteiger partial charge in [0.2, 0.25) is 0 Å². The Balaban J connectivity index is 2.40. The van der Waals surface area contributed by atoms with Crippen molar-refractivity contribution in [2.24, 2.45) is 17.9 Å². The molecule has 0 aliphatic rings. The molecule has 8 nitrogen and oxygen atoms in total. The number of nitrogens with two attached hydrogens (primary N) is 1. The summed E-state index contributed by atoms with van der Waals surface area (Å²) in [5.41, 5.74) is 6.51. The van der Waals surface area contributed by atoms with Crippen LogP contribution in [0.5, 0.6) is 5.75 Å². The van der Waals surface area contributed by atoms with Gasteiger partial charge in [0, 0.05) is 18.8 Å². The van der Waals surface area contributed by atoms with Crippen LogP contribution in [-0.2, 0) is 7.05 Å². The Bertz CT molecular complexity index is 693. The lowest BCUT2D eigenvalue weighted by atomic mass is 10.1. The first-order chi connectivity index (χ1) is 10.1. The molecule has 0 aliphatic carbocycles. The number of nitrogens with zero attached hydrogens (tertiary/aromatic N) is 3. The highest BCUT2D eigenvalue weighted by atomic mass is 16.5. The molecule has 0 saturated heterocycles. The second-order valence-electron chi connectivity index (χ2n) is 4.20. The van der Waals surface area contributed by atoms with Crippen molar-refractivity contribution in [1.82, 2.24) is 9.78 Å². The zero-order chi connectivity index (χ0) is 15.4. The minimum absolute atomic E-state index is 0.134. The van der Waals surface area contributed by atoms with Gasteiger partial charge in [-0.25, -0.2) is 0 Å². The molecular weight excluding hydrogens is 274 g/mol. The highest BCUT2D eigenvalue weighted by Crippen LogP contribution is 2.28. The van der Waals surface area contributed by atoms with Crippen molar-refractivity contribution in [3.8, 4) is 5.75 Å². The Hall–Kier alpha value is -3.03. The van der Waals surface area contributed by atoms with Crippen molar-refractivity contribution in [3.05, 3.63) is 41.7 Å². The number of para-hydroxylation sites is 1. The number of hydrogen-bond donors (Lipinski definition) is 3. The molecule has 1 aromatic heterocycles. The third kappa shape index (κ3) is 2.94. The van der Waals surface area contributed by atoms with Crippen molar-refractivity contribution in [2.75, 3.05) is 12.4 Å². The molecule has 4 N–H and O–H groups in total. The first kappa shape index (κ1) is 14.4. The van der Waals surface area contributed by atoms with Crippen LogP contribution in [0.25, 0.3) is 0 Å². The molecule has 1 aromatic carbocycles. The van der Waals surface area contributed by atoms with E-state index in [1.807, 2.05) is 0 Å².